The van der Waals surface area contributed by atoms with Crippen LogP contribution in [-0.2, 0) is 19.7 Å². The van der Waals surface area contributed by atoms with E-state index in [0.29, 0.717) is 11.3 Å². The fourth-order valence-corrected chi connectivity index (χ4v) is 3.08. The molecule has 1 aromatic carbocycles. The summed E-state index contributed by atoms with van der Waals surface area (Å²) in [4.78, 5) is 26.5. The minimum atomic E-state index is -1.53. The number of hydrogen-bond donors (Lipinski definition) is 1. The van der Waals surface area contributed by atoms with Crippen molar-refractivity contribution in [3.8, 4) is 5.75 Å². The molecule has 0 bridgehead atoms. The number of carbonyl (C=O) groups excluding carboxylic acids is 1. The highest BCUT2D eigenvalue weighted by molar-refractivity contribution is 5.93. The van der Waals surface area contributed by atoms with Crippen molar-refractivity contribution in [1.82, 2.24) is 4.90 Å². The van der Waals surface area contributed by atoms with Crippen LogP contribution < -0.4 is 4.74 Å². The Morgan fingerprint density at radius 3 is 2.52 bits per heavy atom. The van der Waals surface area contributed by atoms with Crippen molar-refractivity contribution < 1.29 is 24.2 Å². The largest absolute Gasteiger partial charge is 0.496 e. The number of methoxy groups -OCH3 is 2. The first-order chi connectivity index (χ1) is 10.9. The van der Waals surface area contributed by atoms with E-state index in [4.69, 9.17) is 9.47 Å². The average Bonchev–Trinajstić information content (AvgIpc) is 2.55. The van der Waals surface area contributed by atoms with Crippen molar-refractivity contribution in [1.29, 1.82) is 0 Å². The maximum Gasteiger partial charge on any atom is 0.319 e. The number of carbonyl (C=O) groups is 2. The monoisotopic (exact) mass is 319 g/mol. The molecule has 0 saturated heterocycles. The summed E-state index contributed by atoms with van der Waals surface area (Å²) in [6.45, 7) is 2.07. The van der Waals surface area contributed by atoms with Gasteiger partial charge in [0.2, 0.25) is 0 Å². The number of esters is 1. The summed E-state index contributed by atoms with van der Waals surface area (Å²) in [6, 6.07) is 6.86. The molecule has 1 N–H and O–H groups in total. The summed E-state index contributed by atoms with van der Waals surface area (Å²) in [5, 5.41) is 10.1. The fourth-order valence-electron chi connectivity index (χ4n) is 3.08. The Morgan fingerprint density at radius 1 is 1.30 bits per heavy atom. The third kappa shape index (κ3) is 2.65. The Hall–Kier alpha value is -2.50. The van der Waals surface area contributed by atoms with Crippen LogP contribution in [0.2, 0.25) is 0 Å². The van der Waals surface area contributed by atoms with Crippen molar-refractivity contribution in [2.24, 2.45) is 5.92 Å². The second-order valence-corrected chi connectivity index (χ2v) is 5.62. The van der Waals surface area contributed by atoms with Crippen LogP contribution in [0.4, 0.5) is 0 Å². The Morgan fingerprint density at radius 2 is 1.96 bits per heavy atom. The molecule has 2 rings (SSSR count). The average molecular weight is 319 g/mol. The van der Waals surface area contributed by atoms with Crippen molar-refractivity contribution in [2.75, 3.05) is 27.8 Å². The standard InChI is InChI=1S/C17H21NO5/c1-11-9-17(16(20)21,12-7-5-6-8-14(12)22-3)13(10-18(11)2)15(19)23-4/h5-9,13H,10H2,1-4H3,(H,20,21). The second-order valence-electron chi connectivity index (χ2n) is 5.62. The van der Waals surface area contributed by atoms with Crippen LogP contribution in [0.25, 0.3) is 0 Å². The number of aliphatic carboxylic acids is 1. The number of carboxylic acid groups (broad SMARTS) is 1. The summed E-state index contributed by atoms with van der Waals surface area (Å²) in [6.07, 6.45) is 1.61. The zero-order chi connectivity index (χ0) is 17.2. The minimum Gasteiger partial charge on any atom is -0.496 e. The number of allylic oxidation sites excluding steroid dienone is 1. The molecule has 23 heavy (non-hydrogen) atoms. The SMILES string of the molecule is COC(=O)C1CN(C)C(C)=CC1(C(=O)O)c1ccccc1OC. The number of rotatable bonds is 4. The molecule has 0 aliphatic carbocycles. The van der Waals surface area contributed by atoms with Crippen LogP contribution in [0.3, 0.4) is 0 Å². The number of hydrogen-bond acceptors (Lipinski definition) is 5. The van der Waals surface area contributed by atoms with Gasteiger partial charge in [0.1, 0.15) is 11.2 Å². The highest BCUT2D eigenvalue weighted by Gasteiger charge is 2.54. The van der Waals surface area contributed by atoms with E-state index in [-0.39, 0.29) is 6.54 Å². The maximum absolute atomic E-state index is 12.3. The van der Waals surface area contributed by atoms with Gasteiger partial charge < -0.3 is 19.5 Å². The predicted molar refractivity (Wildman–Crippen MR) is 84.2 cm³/mol. The molecule has 0 fully saturated rings. The van der Waals surface area contributed by atoms with E-state index in [9.17, 15) is 14.7 Å². The van der Waals surface area contributed by atoms with Crippen molar-refractivity contribution in [3.63, 3.8) is 0 Å². The van der Waals surface area contributed by atoms with E-state index in [1.54, 1.807) is 30.3 Å². The van der Waals surface area contributed by atoms with Crippen LogP contribution in [-0.4, -0.2) is 49.8 Å². The van der Waals surface area contributed by atoms with Crippen molar-refractivity contribution >= 4 is 11.9 Å². The zero-order valence-electron chi connectivity index (χ0n) is 13.7. The highest BCUT2D eigenvalue weighted by Crippen LogP contribution is 2.44. The number of benzene rings is 1. The van der Waals surface area contributed by atoms with Gasteiger partial charge in [-0.25, -0.2) is 0 Å². The topological polar surface area (TPSA) is 76.1 Å². The Kier molecular flexibility index (Phi) is 4.63. The molecule has 1 aliphatic heterocycles. The van der Waals surface area contributed by atoms with Gasteiger partial charge in [-0.15, -0.1) is 0 Å². The van der Waals surface area contributed by atoms with Crippen LogP contribution >= 0.6 is 0 Å². The minimum absolute atomic E-state index is 0.249. The molecule has 1 aliphatic rings. The molecule has 1 aromatic rings. The molecule has 124 valence electrons. The van der Waals surface area contributed by atoms with Crippen LogP contribution in [0.5, 0.6) is 5.75 Å². The van der Waals surface area contributed by atoms with Gasteiger partial charge >= 0.3 is 11.9 Å². The third-order valence-corrected chi connectivity index (χ3v) is 4.44. The molecule has 2 atom stereocenters. The van der Waals surface area contributed by atoms with Gasteiger partial charge in [-0.3, -0.25) is 9.59 Å². The maximum atomic E-state index is 12.3. The lowest BCUT2D eigenvalue weighted by atomic mass is 9.67. The van der Waals surface area contributed by atoms with Gasteiger partial charge in [-0.1, -0.05) is 18.2 Å². The molecular formula is C17H21NO5. The van der Waals surface area contributed by atoms with Gasteiger partial charge in [0.25, 0.3) is 0 Å². The van der Waals surface area contributed by atoms with Gasteiger partial charge in [-0.05, 0) is 19.1 Å². The molecule has 0 saturated carbocycles. The lowest BCUT2D eigenvalue weighted by Crippen LogP contribution is -2.53. The van der Waals surface area contributed by atoms with Crippen molar-refractivity contribution in [3.05, 3.63) is 41.6 Å². The van der Waals surface area contributed by atoms with Crippen molar-refractivity contribution in [2.45, 2.75) is 12.3 Å². The first-order valence-corrected chi connectivity index (χ1v) is 7.23. The Balaban J connectivity index is 2.78. The lowest BCUT2D eigenvalue weighted by molar-refractivity contribution is -0.157. The fraction of sp³-hybridized carbons (Fsp3) is 0.412. The molecule has 0 amide bonds. The Labute approximate surface area is 135 Å². The Bertz CT molecular complexity index is 654. The molecule has 0 radical (unpaired) electrons. The summed E-state index contributed by atoms with van der Waals surface area (Å²) in [5.74, 6) is -2.12. The molecule has 2 unspecified atom stereocenters. The molecule has 0 spiro atoms. The van der Waals surface area contributed by atoms with E-state index in [0.717, 1.165) is 5.70 Å². The van der Waals surface area contributed by atoms with Crippen LogP contribution in [0.1, 0.15) is 12.5 Å². The van der Waals surface area contributed by atoms with Gasteiger partial charge in [0, 0.05) is 24.9 Å². The van der Waals surface area contributed by atoms with Crippen LogP contribution in [0, 0.1) is 5.92 Å². The number of carboxylic acids is 1. The zero-order valence-corrected chi connectivity index (χ0v) is 13.7. The van der Waals surface area contributed by atoms with Gasteiger partial charge in [0.05, 0.1) is 20.1 Å². The number of para-hydroxylation sites is 1. The predicted octanol–water partition coefficient (Wildman–Crippen LogP) is 1.66. The van der Waals surface area contributed by atoms with E-state index < -0.39 is 23.3 Å². The quantitative estimate of drug-likeness (QED) is 0.851. The summed E-state index contributed by atoms with van der Waals surface area (Å²) in [5.41, 5.74) is -0.313. The van der Waals surface area contributed by atoms with Crippen LogP contribution in [0.15, 0.2) is 36.0 Å². The van der Waals surface area contributed by atoms with Gasteiger partial charge in [-0.2, -0.15) is 0 Å². The van der Waals surface area contributed by atoms with Gasteiger partial charge in [0.15, 0.2) is 0 Å². The number of ether oxygens (including phenoxy) is 2. The summed E-state index contributed by atoms with van der Waals surface area (Å²) >= 11 is 0. The third-order valence-electron chi connectivity index (χ3n) is 4.44. The molecular weight excluding hydrogens is 298 g/mol. The number of nitrogens with zero attached hydrogens (tertiary/aromatic N) is 1. The molecule has 0 aromatic heterocycles. The summed E-state index contributed by atoms with van der Waals surface area (Å²) < 4.78 is 10.2. The molecule has 1 heterocycles. The second kappa shape index (κ2) is 6.32. The van der Waals surface area contributed by atoms with E-state index in [2.05, 4.69) is 0 Å². The smallest absolute Gasteiger partial charge is 0.319 e. The first kappa shape index (κ1) is 16.9. The van der Waals surface area contributed by atoms with E-state index in [1.165, 1.54) is 14.2 Å². The summed E-state index contributed by atoms with van der Waals surface area (Å²) in [7, 11) is 4.56. The molecule has 6 nitrogen and oxygen atoms in total. The lowest BCUT2D eigenvalue weighted by Gasteiger charge is -2.41. The normalized spacial score (nSPS) is 23.9. The highest BCUT2D eigenvalue weighted by atomic mass is 16.5. The van der Waals surface area contributed by atoms with E-state index in [1.807, 2.05) is 18.9 Å². The van der Waals surface area contributed by atoms with E-state index >= 15 is 0 Å². The molecule has 6 heteroatoms. The first-order valence-electron chi connectivity index (χ1n) is 7.23.